The lowest BCUT2D eigenvalue weighted by molar-refractivity contribution is 0.728. The minimum absolute atomic E-state index is 0.142. The maximum atomic E-state index is 5.49. The zero-order chi connectivity index (χ0) is 10.8. The van der Waals surface area contributed by atoms with E-state index in [4.69, 9.17) is 5.73 Å². The summed E-state index contributed by atoms with van der Waals surface area (Å²) in [6, 6.07) is 0.142. The van der Waals surface area contributed by atoms with Gasteiger partial charge in [-0.05, 0) is 6.92 Å². The van der Waals surface area contributed by atoms with Crippen LogP contribution in [0.1, 0.15) is 6.92 Å². The van der Waals surface area contributed by atoms with E-state index >= 15 is 0 Å². The third-order valence-electron chi connectivity index (χ3n) is 2.07. The second kappa shape index (κ2) is 3.77. The highest BCUT2D eigenvalue weighted by Gasteiger charge is 2.06. The zero-order valence-corrected chi connectivity index (χ0v) is 8.68. The summed E-state index contributed by atoms with van der Waals surface area (Å²) in [5.74, 6) is 0.547. The molecule has 15 heavy (non-hydrogen) atoms. The Balaban J connectivity index is 2.33. The van der Waals surface area contributed by atoms with Gasteiger partial charge in [-0.15, -0.1) is 5.10 Å². The lowest BCUT2D eigenvalue weighted by atomic mass is 10.3. The number of nitrogens with two attached hydrogens (primary N) is 1. The molecule has 0 aliphatic rings. The minimum Gasteiger partial charge on any atom is -0.350 e. The number of aromatic nitrogens is 5. The Labute approximate surface area is 86.7 Å². The Morgan fingerprint density at radius 3 is 3.13 bits per heavy atom. The number of hydrogen-bond donors (Lipinski definition) is 2. The molecule has 0 aliphatic heterocycles. The van der Waals surface area contributed by atoms with Crippen LogP contribution in [-0.4, -0.2) is 37.5 Å². The summed E-state index contributed by atoms with van der Waals surface area (Å²) in [5, 5.41) is 10.8. The SMILES string of the molecule is CC(CN)Nc1ncc2nnn(C)c2n1. The number of fused-ring (bicyclic) bond motifs is 1. The average molecular weight is 207 g/mol. The van der Waals surface area contributed by atoms with Gasteiger partial charge in [-0.3, -0.25) is 0 Å². The molecule has 2 heterocycles. The second-order valence-corrected chi connectivity index (χ2v) is 3.40. The molecular weight excluding hydrogens is 194 g/mol. The molecule has 2 aromatic rings. The first-order valence-corrected chi connectivity index (χ1v) is 4.69. The van der Waals surface area contributed by atoms with Crippen molar-refractivity contribution in [1.29, 1.82) is 0 Å². The van der Waals surface area contributed by atoms with Crippen molar-refractivity contribution in [3.05, 3.63) is 6.20 Å². The van der Waals surface area contributed by atoms with E-state index in [1.807, 2.05) is 6.92 Å². The number of hydrogen-bond acceptors (Lipinski definition) is 6. The molecule has 0 amide bonds. The van der Waals surface area contributed by atoms with E-state index in [1.165, 1.54) is 0 Å². The molecule has 0 spiro atoms. The van der Waals surface area contributed by atoms with Gasteiger partial charge in [-0.25, -0.2) is 9.67 Å². The Kier molecular flexibility index (Phi) is 2.46. The number of anilines is 1. The van der Waals surface area contributed by atoms with Gasteiger partial charge in [0, 0.05) is 19.6 Å². The molecule has 80 valence electrons. The van der Waals surface area contributed by atoms with E-state index in [-0.39, 0.29) is 6.04 Å². The lowest BCUT2D eigenvalue weighted by Crippen LogP contribution is -2.26. The normalized spacial score (nSPS) is 13.0. The maximum absolute atomic E-state index is 5.49. The standard InChI is InChI=1S/C8H13N7/c1-5(3-9)11-8-10-4-6-7(12-8)15(2)14-13-6/h4-5H,3,9H2,1-2H3,(H,10,11,12). The lowest BCUT2D eigenvalue weighted by Gasteiger charge is -2.10. The summed E-state index contributed by atoms with van der Waals surface area (Å²) >= 11 is 0. The monoisotopic (exact) mass is 207 g/mol. The second-order valence-electron chi connectivity index (χ2n) is 3.40. The Hall–Kier alpha value is -1.76. The molecule has 0 radical (unpaired) electrons. The Morgan fingerprint density at radius 2 is 2.40 bits per heavy atom. The molecule has 2 aromatic heterocycles. The van der Waals surface area contributed by atoms with Crippen molar-refractivity contribution < 1.29 is 0 Å². The molecule has 0 aromatic carbocycles. The third-order valence-corrected chi connectivity index (χ3v) is 2.07. The van der Waals surface area contributed by atoms with Crippen molar-refractivity contribution >= 4 is 17.1 Å². The fourth-order valence-electron chi connectivity index (χ4n) is 1.18. The topological polar surface area (TPSA) is 94.5 Å². The van der Waals surface area contributed by atoms with Crippen molar-refractivity contribution in [2.24, 2.45) is 12.8 Å². The zero-order valence-electron chi connectivity index (χ0n) is 8.68. The highest BCUT2D eigenvalue weighted by molar-refractivity contribution is 5.69. The number of rotatable bonds is 3. The van der Waals surface area contributed by atoms with Gasteiger partial charge in [-0.2, -0.15) is 4.98 Å². The van der Waals surface area contributed by atoms with E-state index in [0.717, 1.165) is 0 Å². The highest BCUT2D eigenvalue weighted by atomic mass is 15.4. The first kappa shape index (κ1) is 9.78. The fourth-order valence-corrected chi connectivity index (χ4v) is 1.18. The van der Waals surface area contributed by atoms with Crippen LogP contribution in [-0.2, 0) is 7.05 Å². The highest BCUT2D eigenvalue weighted by Crippen LogP contribution is 2.08. The molecule has 0 saturated carbocycles. The van der Waals surface area contributed by atoms with Crippen molar-refractivity contribution in [2.45, 2.75) is 13.0 Å². The van der Waals surface area contributed by atoms with Gasteiger partial charge in [0.25, 0.3) is 0 Å². The van der Waals surface area contributed by atoms with Gasteiger partial charge in [0.2, 0.25) is 5.95 Å². The summed E-state index contributed by atoms with van der Waals surface area (Å²) in [6.45, 7) is 2.50. The molecule has 2 rings (SSSR count). The van der Waals surface area contributed by atoms with Gasteiger partial charge < -0.3 is 11.1 Å². The van der Waals surface area contributed by atoms with Crippen molar-refractivity contribution in [3.63, 3.8) is 0 Å². The minimum atomic E-state index is 0.142. The molecule has 1 unspecified atom stereocenters. The Bertz CT molecular complexity index is 463. The van der Waals surface area contributed by atoms with Crippen LogP contribution in [0.2, 0.25) is 0 Å². The molecule has 0 fully saturated rings. The summed E-state index contributed by atoms with van der Waals surface area (Å²) in [5.41, 5.74) is 6.88. The van der Waals surface area contributed by atoms with E-state index in [9.17, 15) is 0 Å². The largest absolute Gasteiger partial charge is 0.350 e. The van der Waals surface area contributed by atoms with Crippen LogP contribution in [0, 0.1) is 0 Å². The molecule has 0 saturated heterocycles. The molecular formula is C8H13N7. The molecule has 7 nitrogen and oxygen atoms in total. The van der Waals surface area contributed by atoms with Crippen molar-refractivity contribution in [1.82, 2.24) is 25.0 Å². The average Bonchev–Trinajstić information content (AvgIpc) is 2.60. The van der Waals surface area contributed by atoms with E-state index in [0.29, 0.717) is 23.7 Å². The van der Waals surface area contributed by atoms with Gasteiger partial charge in [0.1, 0.15) is 0 Å². The molecule has 7 heteroatoms. The Morgan fingerprint density at radius 1 is 1.60 bits per heavy atom. The number of nitrogens with one attached hydrogen (secondary N) is 1. The van der Waals surface area contributed by atoms with Crippen LogP contribution in [0.4, 0.5) is 5.95 Å². The van der Waals surface area contributed by atoms with Crippen LogP contribution < -0.4 is 11.1 Å². The summed E-state index contributed by atoms with van der Waals surface area (Å²) in [7, 11) is 1.79. The summed E-state index contributed by atoms with van der Waals surface area (Å²) in [6.07, 6.45) is 1.64. The first-order chi connectivity index (χ1) is 7.20. The predicted octanol–water partition coefficient (Wildman–Crippen LogP) is -0.483. The van der Waals surface area contributed by atoms with Crippen LogP contribution in [0.15, 0.2) is 6.20 Å². The first-order valence-electron chi connectivity index (χ1n) is 4.69. The number of nitrogens with zero attached hydrogens (tertiary/aromatic N) is 5. The van der Waals surface area contributed by atoms with E-state index in [1.54, 1.807) is 17.9 Å². The van der Waals surface area contributed by atoms with E-state index in [2.05, 4.69) is 25.6 Å². The van der Waals surface area contributed by atoms with Gasteiger partial charge >= 0.3 is 0 Å². The number of aryl methyl sites for hydroxylation is 1. The third kappa shape index (κ3) is 1.86. The van der Waals surface area contributed by atoms with Gasteiger partial charge in [0.05, 0.1) is 6.20 Å². The van der Waals surface area contributed by atoms with E-state index < -0.39 is 0 Å². The maximum Gasteiger partial charge on any atom is 0.225 e. The van der Waals surface area contributed by atoms with Crippen molar-refractivity contribution in [3.8, 4) is 0 Å². The molecule has 1 atom stereocenters. The quantitative estimate of drug-likeness (QED) is 0.705. The van der Waals surface area contributed by atoms with Crippen LogP contribution in [0.3, 0.4) is 0 Å². The summed E-state index contributed by atoms with van der Waals surface area (Å²) < 4.78 is 1.61. The van der Waals surface area contributed by atoms with Gasteiger partial charge in [-0.1, -0.05) is 5.21 Å². The molecule has 3 N–H and O–H groups in total. The van der Waals surface area contributed by atoms with Crippen LogP contribution >= 0.6 is 0 Å². The van der Waals surface area contributed by atoms with Crippen molar-refractivity contribution in [2.75, 3.05) is 11.9 Å². The molecule has 0 bridgehead atoms. The van der Waals surface area contributed by atoms with Gasteiger partial charge in [0.15, 0.2) is 11.2 Å². The summed E-state index contributed by atoms with van der Waals surface area (Å²) in [4.78, 5) is 8.40. The van der Waals surface area contributed by atoms with Crippen LogP contribution in [0.25, 0.3) is 11.2 Å². The molecule has 0 aliphatic carbocycles. The van der Waals surface area contributed by atoms with Crippen LogP contribution in [0.5, 0.6) is 0 Å². The fraction of sp³-hybridized carbons (Fsp3) is 0.500. The predicted molar refractivity (Wildman–Crippen MR) is 56.2 cm³/mol. The smallest absolute Gasteiger partial charge is 0.225 e.